The fourth-order valence-corrected chi connectivity index (χ4v) is 4.81. The third-order valence-electron chi connectivity index (χ3n) is 6.47. The van der Waals surface area contributed by atoms with E-state index in [1.807, 2.05) is 6.92 Å². The summed E-state index contributed by atoms with van der Waals surface area (Å²) in [5, 5.41) is 3.26. The van der Waals surface area contributed by atoms with Gasteiger partial charge in [0.05, 0.1) is 0 Å². The van der Waals surface area contributed by atoms with Crippen LogP contribution in [0.2, 0.25) is 0 Å². The lowest BCUT2D eigenvalue weighted by Crippen LogP contribution is -2.50. The minimum atomic E-state index is 0. The predicted octanol–water partition coefficient (Wildman–Crippen LogP) is 1.50. The Morgan fingerprint density at radius 1 is 1.08 bits per heavy atom. The molecule has 2 heterocycles. The summed E-state index contributed by atoms with van der Waals surface area (Å²) < 4.78 is 0. The van der Waals surface area contributed by atoms with Gasteiger partial charge in [-0.15, -0.1) is 0 Å². The number of hydrogen-bond donors (Lipinski definition) is 1. The van der Waals surface area contributed by atoms with E-state index >= 15 is 0 Å². The Morgan fingerprint density at radius 2 is 1.79 bits per heavy atom. The molecule has 3 rings (SSSR count). The van der Waals surface area contributed by atoms with Crippen molar-refractivity contribution in [3.8, 4) is 0 Å². The van der Waals surface area contributed by atoms with Gasteiger partial charge < -0.3 is 10.2 Å². The van der Waals surface area contributed by atoms with E-state index in [9.17, 15) is 4.79 Å². The Kier molecular flexibility index (Phi) is 6.17. The van der Waals surface area contributed by atoms with Crippen LogP contribution in [0.1, 0.15) is 41.5 Å². The number of fused-ring (bicyclic) bond motifs is 1. The minimum Gasteiger partial charge on any atom is -0.353 e. The topological polar surface area (TPSA) is 38.8 Å². The summed E-state index contributed by atoms with van der Waals surface area (Å²) in [6.45, 7) is 16.2. The number of piperazine rings is 1. The van der Waals surface area contributed by atoms with E-state index in [0.29, 0.717) is 24.4 Å². The zero-order chi connectivity index (χ0) is 17.1. The first-order valence-electron chi connectivity index (χ1n) is 10.0. The number of amides is 1. The molecule has 0 aromatic heterocycles. The van der Waals surface area contributed by atoms with Crippen molar-refractivity contribution in [1.82, 2.24) is 20.0 Å². The van der Waals surface area contributed by atoms with Crippen molar-refractivity contribution in [3.05, 3.63) is 0 Å². The van der Waals surface area contributed by atoms with Crippen molar-refractivity contribution >= 4 is 5.91 Å². The van der Waals surface area contributed by atoms with Crippen LogP contribution in [0.4, 0.5) is 0 Å². The van der Waals surface area contributed by atoms with Gasteiger partial charge in [0.15, 0.2) is 0 Å². The first-order valence-corrected chi connectivity index (χ1v) is 10.0. The van der Waals surface area contributed by atoms with E-state index < -0.39 is 0 Å². The van der Waals surface area contributed by atoms with Gasteiger partial charge in [0.25, 0.3) is 0 Å². The molecule has 5 heteroatoms. The second kappa shape index (κ2) is 8.15. The molecule has 1 N–H and O–H groups in total. The molecule has 24 heavy (non-hydrogen) atoms. The van der Waals surface area contributed by atoms with Crippen LogP contribution in [0.3, 0.4) is 0 Å². The smallest absolute Gasteiger partial charge is 0.219 e. The van der Waals surface area contributed by atoms with Gasteiger partial charge in [0.1, 0.15) is 0 Å². The highest BCUT2D eigenvalue weighted by Gasteiger charge is 2.42. The Labute approximate surface area is 149 Å². The molecule has 0 bridgehead atoms. The fraction of sp³-hybridized carbons (Fsp3) is 0.947. The minimum absolute atomic E-state index is 0. The van der Waals surface area contributed by atoms with Crippen LogP contribution in [-0.2, 0) is 4.79 Å². The molecule has 3 aliphatic rings. The second-order valence-electron chi connectivity index (χ2n) is 8.26. The van der Waals surface area contributed by atoms with E-state index in [0.717, 1.165) is 5.92 Å². The molecule has 5 nitrogen and oxygen atoms in total. The van der Waals surface area contributed by atoms with E-state index in [4.69, 9.17) is 0 Å². The number of carbonyl (C=O) groups is 1. The number of nitrogens with zero attached hydrogens (tertiary/aromatic N) is 3. The van der Waals surface area contributed by atoms with Crippen molar-refractivity contribution < 1.29 is 6.22 Å². The molecule has 2 aliphatic heterocycles. The summed E-state index contributed by atoms with van der Waals surface area (Å²) in [4.78, 5) is 19.6. The maximum absolute atomic E-state index is 11.7. The molecule has 0 aromatic carbocycles. The van der Waals surface area contributed by atoms with E-state index in [2.05, 4.69) is 33.9 Å². The van der Waals surface area contributed by atoms with E-state index in [1.54, 1.807) is 0 Å². The second-order valence-corrected chi connectivity index (χ2v) is 8.26. The molecular formula is C19H38N4O. The maximum Gasteiger partial charge on any atom is 0.219 e. The van der Waals surface area contributed by atoms with Gasteiger partial charge in [-0.1, -0.05) is 6.92 Å². The third-order valence-corrected chi connectivity index (χ3v) is 6.47. The molecule has 140 valence electrons. The monoisotopic (exact) mass is 338 g/mol. The first-order chi connectivity index (χ1) is 11.6. The van der Waals surface area contributed by atoms with Crippen LogP contribution in [0.25, 0.3) is 0 Å². The van der Waals surface area contributed by atoms with E-state index in [-0.39, 0.29) is 7.33 Å². The largest absolute Gasteiger partial charge is 0.353 e. The molecule has 0 radical (unpaired) electrons. The van der Waals surface area contributed by atoms with Crippen molar-refractivity contribution in [2.75, 3.05) is 52.4 Å². The summed E-state index contributed by atoms with van der Waals surface area (Å²) in [6, 6.07) is 1.11. The van der Waals surface area contributed by atoms with Crippen LogP contribution in [0.5, 0.6) is 0 Å². The lowest BCUT2D eigenvalue weighted by Gasteiger charge is -2.37. The zero-order valence-electron chi connectivity index (χ0n) is 15.8. The molecular weight excluding hydrogens is 300 g/mol. The van der Waals surface area contributed by atoms with Gasteiger partial charge in [0.2, 0.25) is 5.91 Å². The Bertz CT molecular complexity index is 426. The van der Waals surface area contributed by atoms with Crippen LogP contribution < -0.4 is 5.32 Å². The highest BCUT2D eigenvalue weighted by molar-refractivity contribution is 5.75. The first kappa shape index (κ1) is 18.2. The van der Waals surface area contributed by atoms with Crippen LogP contribution in [0, 0.1) is 11.8 Å². The zero-order valence-corrected chi connectivity index (χ0v) is 15.8. The normalized spacial score (nSPS) is 32.4. The Morgan fingerprint density at radius 3 is 2.46 bits per heavy atom. The third kappa shape index (κ3) is 4.30. The Hall–Kier alpha value is -0.650. The SMILES string of the molecule is CCC(=O)NC1CCC2CN(CCN3CCN(C(C)C)CC3)CC21.[HH]. The molecule has 2 saturated heterocycles. The van der Waals surface area contributed by atoms with Crippen molar-refractivity contribution in [2.24, 2.45) is 11.8 Å². The highest BCUT2D eigenvalue weighted by atomic mass is 16.1. The number of carbonyl (C=O) groups excluding carboxylic acids is 1. The highest BCUT2D eigenvalue weighted by Crippen LogP contribution is 2.38. The summed E-state index contributed by atoms with van der Waals surface area (Å²) in [5.41, 5.74) is 0. The number of nitrogens with one attached hydrogen (secondary N) is 1. The van der Waals surface area contributed by atoms with Gasteiger partial charge in [-0.2, -0.15) is 0 Å². The van der Waals surface area contributed by atoms with Gasteiger partial charge in [-0.05, 0) is 38.5 Å². The number of likely N-dealkylation sites (tertiary alicyclic amines) is 1. The van der Waals surface area contributed by atoms with Crippen molar-refractivity contribution in [3.63, 3.8) is 0 Å². The fourth-order valence-electron chi connectivity index (χ4n) is 4.81. The average Bonchev–Trinajstić information content (AvgIpc) is 3.14. The van der Waals surface area contributed by atoms with Gasteiger partial charge in [-0.3, -0.25) is 14.6 Å². The van der Waals surface area contributed by atoms with Crippen LogP contribution >= 0.6 is 0 Å². The number of rotatable bonds is 6. The summed E-state index contributed by atoms with van der Waals surface area (Å²) in [6.07, 6.45) is 3.09. The maximum atomic E-state index is 11.7. The molecule has 3 fully saturated rings. The molecule has 3 atom stereocenters. The quantitative estimate of drug-likeness (QED) is 0.796. The van der Waals surface area contributed by atoms with Gasteiger partial charge in [0, 0.05) is 72.3 Å². The van der Waals surface area contributed by atoms with Crippen LogP contribution in [0.15, 0.2) is 0 Å². The summed E-state index contributed by atoms with van der Waals surface area (Å²) in [5.74, 6) is 1.73. The number of hydrogen-bond acceptors (Lipinski definition) is 4. The lowest BCUT2D eigenvalue weighted by molar-refractivity contribution is -0.121. The van der Waals surface area contributed by atoms with Gasteiger partial charge >= 0.3 is 0 Å². The molecule has 1 saturated carbocycles. The molecule has 0 spiro atoms. The summed E-state index contributed by atoms with van der Waals surface area (Å²) >= 11 is 0. The molecule has 1 amide bonds. The average molecular weight is 339 g/mol. The summed E-state index contributed by atoms with van der Waals surface area (Å²) in [7, 11) is 0. The Balaban J connectivity index is 0.00000225. The van der Waals surface area contributed by atoms with Crippen LogP contribution in [-0.4, -0.2) is 85.0 Å². The molecule has 1 aliphatic carbocycles. The van der Waals surface area contributed by atoms with Crippen molar-refractivity contribution in [1.29, 1.82) is 0 Å². The molecule has 0 aromatic rings. The lowest BCUT2D eigenvalue weighted by atomic mass is 9.98. The van der Waals surface area contributed by atoms with E-state index in [1.165, 1.54) is 65.2 Å². The van der Waals surface area contributed by atoms with Gasteiger partial charge in [-0.25, -0.2) is 0 Å². The standard InChI is InChI=1S/C19H36N4O.H2/c1-4-19(24)20-18-6-5-16-13-22(14-17(16)18)8-7-21-9-11-23(12-10-21)15(2)3;/h15-18H,4-14H2,1-3H3,(H,20,24);1H. The van der Waals surface area contributed by atoms with Crippen molar-refractivity contribution in [2.45, 2.75) is 52.1 Å². The molecule has 3 unspecified atom stereocenters. The predicted molar refractivity (Wildman–Crippen MR) is 100 cm³/mol.